The van der Waals surface area contributed by atoms with Gasteiger partial charge in [0.15, 0.2) is 0 Å². The fourth-order valence-corrected chi connectivity index (χ4v) is 3.81. The first-order valence-electron chi connectivity index (χ1n) is 5.71. The van der Waals surface area contributed by atoms with Gasteiger partial charge in [0.25, 0.3) is 0 Å². The highest BCUT2D eigenvalue weighted by Gasteiger charge is 2.32. The molecule has 5 nitrogen and oxygen atoms in total. The molecule has 1 aliphatic rings. The van der Waals surface area contributed by atoms with E-state index in [0.717, 1.165) is 0 Å². The molecule has 0 N–H and O–H groups in total. The van der Waals surface area contributed by atoms with Crippen LogP contribution in [-0.2, 0) is 14.8 Å². The van der Waals surface area contributed by atoms with Gasteiger partial charge in [0.1, 0.15) is 6.07 Å². The third-order valence-electron chi connectivity index (χ3n) is 3.14. The molecular weight excluding hydrogens is 288 g/mol. The number of hydrogen-bond acceptors (Lipinski definition) is 4. The number of nitriles is 1. The molecule has 0 aromatic heterocycles. The Balaban J connectivity index is 2.31. The molecule has 1 aromatic rings. The molecule has 1 aliphatic heterocycles. The smallest absolute Gasteiger partial charge is 0.243 e. The normalized spacial score (nSPS) is 20.4. The van der Waals surface area contributed by atoms with Crippen molar-refractivity contribution in [3.05, 3.63) is 28.8 Å². The Morgan fingerprint density at radius 3 is 2.79 bits per heavy atom. The first kappa shape index (κ1) is 14.3. The van der Waals surface area contributed by atoms with Crippen molar-refractivity contribution in [3.63, 3.8) is 0 Å². The van der Waals surface area contributed by atoms with Crippen molar-refractivity contribution < 1.29 is 13.2 Å². The summed E-state index contributed by atoms with van der Waals surface area (Å²) < 4.78 is 31.3. The third-order valence-corrected chi connectivity index (χ3v) is 5.31. The molecule has 19 heavy (non-hydrogen) atoms. The zero-order valence-corrected chi connectivity index (χ0v) is 11.9. The van der Waals surface area contributed by atoms with Crippen molar-refractivity contribution in [2.45, 2.75) is 17.4 Å². The maximum atomic E-state index is 12.4. The van der Waals surface area contributed by atoms with Gasteiger partial charge in [-0.05, 0) is 24.6 Å². The average Bonchev–Trinajstić information content (AvgIpc) is 2.88. The zero-order valence-electron chi connectivity index (χ0n) is 10.3. The number of sulfonamides is 1. The summed E-state index contributed by atoms with van der Waals surface area (Å²) in [5.74, 6) is 0. The maximum absolute atomic E-state index is 12.4. The summed E-state index contributed by atoms with van der Waals surface area (Å²) in [6.45, 7) is 0.773. The lowest BCUT2D eigenvalue weighted by atomic mass is 10.2. The third kappa shape index (κ3) is 2.74. The number of halogens is 1. The van der Waals surface area contributed by atoms with Gasteiger partial charge in [0, 0.05) is 20.2 Å². The number of hydrogen-bond donors (Lipinski definition) is 0. The lowest BCUT2D eigenvalue weighted by molar-refractivity contribution is 0.115. The summed E-state index contributed by atoms with van der Waals surface area (Å²) in [6, 6.07) is 6.03. The molecule has 2 rings (SSSR count). The Labute approximate surface area is 117 Å². The van der Waals surface area contributed by atoms with E-state index in [9.17, 15) is 8.42 Å². The summed E-state index contributed by atoms with van der Waals surface area (Å²) in [5.41, 5.74) is 0.261. The van der Waals surface area contributed by atoms with Gasteiger partial charge in [-0.2, -0.15) is 9.57 Å². The van der Waals surface area contributed by atoms with Gasteiger partial charge in [0.2, 0.25) is 10.0 Å². The van der Waals surface area contributed by atoms with Crippen LogP contribution in [0.25, 0.3) is 0 Å². The monoisotopic (exact) mass is 300 g/mol. The molecule has 1 fully saturated rings. The molecule has 0 spiro atoms. The second-order valence-corrected chi connectivity index (χ2v) is 6.61. The number of ether oxygens (including phenoxy) is 1. The average molecular weight is 301 g/mol. The van der Waals surface area contributed by atoms with Gasteiger partial charge < -0.3 is 4.74 Å². The molecule has 0 saturated carbocycles. The molecule has 1 unspecified atom stereocenters. The molecule has 7 heteroatoms. The molecule has 0 radical (unpaired) electrons. The Morgan fingerprint density at radius 1 is 1.53 bits per heavy atom. The van der Waals surface area contributed by atoms with E-state index >= 15 is 0 Å². The molecule has 102 valence electrons. The predicted octanol–water partition coefficient (Wildman–Crippen LogP) is 1.62. The highest BCUT2D eigenvalue weighted by atomic mass is 35.5. The van der Waals surface area contributed by atoms with Crippen LogP contribution < -0.4 is 0 Å². The lowest BCUT2D eigenvalue weighted by Gasteiger charge is -2.16. The van der Waals surface area contributed by atoms with Crippen LogP contribution in [0.1, 0.15) is 12.0 Å². The maximum Gasteiger partial charge on any atom is 0.243 e. The van der Waals surface area contributed by atoms with Crippen molar-refractivity contribution in [3.8, 4) is 6.07 Å². The van der Waals surface area contributed by atoms with Gasteiger partial charge in [-0.3, -0.25) is 0 Å². The van der Waals surface area contributed by atoms with E-state index in [1.165, 1.54) is 22.5 Å². The topological polar surface area (TPSA) is 70.4 Å². The van der Waals surface area contributed by atoms with E-state index in [1.54, 1.807) is 7.11 Å². The Morgan fingerprint density at radius 2 is 2.26 bits per heavy atom. The van der Waals surface area contributed by atoms with Crippen molar-refractivity contribution in [1.82, 2.24) is 4.31 Å². The van der Waals surface area contributed by atoms with E-state index < -0.39 is 10.0 Å². The SMILES string of the molecule is COC1CCN(S(=O)(=O)c2ccc(C#N)c(Cl)c2)C1. The van der Waals surface area contributed by atoms with Gasteiger partial charge in [-0.25, -0.2) is 8.42 Å². The van der Waals surface area contributed by atoms with Crippen LogP contribution in [0.5, 0.6) is 0 Å². The van der Waals surface area contributed by atoms with Crippen LogP contribution >= 0.6 is 11.6 Å². The van der Waals surface area contributed by atoms with E-state index in [4.69, 9.17) is 21.6 Å². The summed E-state index contributed by atoms with van der Waals surface area (Å²) in [5, 5.41) is 8.92. The Bertz CT molecular complexity index is 624. The summed E-state index contributed by atoms with van der Waals surface area (Å²) in [7, 11) is -2.00. The van der Waals surface area contributed by atoms with Gasteiger partial charge in [-0.15, -0.1) is 0 Å². The predicted molar refractivity (Wildman–Crippen MR) is 70.3 cm³/mol. The van der Waals surface area contributed by atoms with Crippen molar-refractivity contribution >= 4 is 21.6 Å². The van der Waals surface area contributed by atoms with Crippen LogP contribution in [0.3, 0.4) is 0 Å². The molecular formula is C12H13ClN2O3S. The van der Waals surface area contributed by atoms with Crippen LogP contribution in [0.4, 0.5) is 0 Å². The summed E-state index contributed by atoms with van der Waals surface area (Å²) >= 11 is 5.87. The first-order chi connectivity index (χ1) is 8.98. The van der Waals surface area contributed by atoms with Gasteiger partial charge in [0.05, 0.1) is 21.6 Å². The zero-order chi connectivity index (χ0) is 14.0. The molecule has 1 aromatic carbocycles. The van der Waals surface area contributed by atoms with E-state index in [2.05, 4.69) is 0 Å². The van der Waals surface area contributed by atoms with Crippen LogP contribution in [-0.4, -0.2) is 39.0 Å². The summed E-state index contributed by atoms with van der Waals surface area (Å²) in [6.07, 6.45) is 0.614. The summed E-state index contributed by atoms with van der Waals surface area (Å²) in [4.78, 5) is 0.105. The Kier molecular flexibility index (Phi) is 4.11. The highest BCUT2D eigenvalue weighted by molar-refractivity contribution is 7.89. The second kappa shape index (κ2) is 5.47. The number of benzene rings is 1. The fourth-order valence-electron chi connectivity index (χ4n) is 2.00. The minimum absolute atomic E-state index is 0.0661. The molecule has 0 bridgehead atoms. The van der Waals surface area contributed by atoms with Crippen LogP contribution in [0.2, 0.25) is 5.02 Å². The van der Waals surface area contributed by atoms with Crippen molar-refractivity contribution in [2.24, 2.45) is 0 Å². The molecule has 1 atom stereocenters. The quantitative estimate of drug-likeness (QED) is 0.850. The number of rotatable bonds is 3. The van der Waals surface area contributed by atoms with Gasteiger partial charge in [-0.1, -0.05) is 11.6 Å². The van der Waals surface area contributed by atoms with E-state index in [0.29, 0.717) is 19.5 Å². The lowest BCUT2D eigenvalue weighted by Crippen LogP contribution is -2.30. The van der Waals surface area contributed by atoms with Gasteiger partial charge >= 0.3 is 0 Å². The molecule has 1 saturated heterocycles. The number of nitrogens with zero attached hydrogens (tertiary/aromatic N) is 2. The largest absolute Gasteiger partial charge is 0.380 e. The molecule has 0 aliphatic carbocycles. The van der Waals surface area contributed by atoms with E-state index in [-0.39, 0.29) is 21.6 Å². The number of methoxy groups -OCH3 is 1. The van der Waals surface area contributed by atoms with Crippen molar-refractivity contribution in [1.29, 1.82) is 5.26 Å². The highest BCUT2D eigenvalue weighted by Crippen LogP contribution is 2.25. The molecule has 0 amide bonds. The van der Waals surface area contributed by atoms with Crippen LogP contribution in [0.15, 0.2) is 23.1 Å². The van der Waals surface area contributed by atoms with Crippen LogP contribution in [0, 0.1) is 11.3 Å². The molecule has 1 heterocycles. The first-order valence-corrected chi connectivity index (χ1v) is 7.53. The second-order valence-electron chi connectivity index (χ2n) is 4.26. The minimum atomic E-state index is -3.57. The minimum Gasteiger partial charge on any atom is -0.380 e. The Hall–Kier alpha value is -1.13. The van der Waals surface area contributed by atoms with E-state index in [1.807, 2.05) is 6.07 Å². The fraction of sp³-hybridized carbons (Fsp3) is 0.417. The standard InChI is InChI=1S/C12H13ClN2O3S/c1-18-10-4-5-15(8-10)19(16,17)11-3-2-9(7-14)12(13)6-11/h2-3,6,10H,4-5,8H2,1H3. The van der Waals surface area contributed by atoms with Crippen molar-refractivity contribution in [2.75, 3.05) is 20.2 Å².